The average molecular weight is 674 g/mol. The smallest absolute Gasteiger partial charge is 0.416 e. The highest BCUT2D eigenvalue weighted by molar-refractivity contribution is 5.80. The number of carbonyl (C=O) groups excluding carboxylic acids is 2. The number of alkyl halides is 6. The molecule has 2 aliphatic heterocycles. The number of hydrogen-bond donors (Lipinski definition) is 0. The largest absolute Gasteiger partial charge is 0.445 e. The van der Waals surface area contributed by atoms with Crippen molar-refractivity contribution in [3.8, 4) is 6.07 Å². The molecule has 0 bridgehead atoms. The summed E-state index contributed by atoms with van der Waals surface area (Å²) in [5.41, 5.74) is -4.84. The number of piperidine rings is 1. The lowest BCUT2D eigenvalue weighted by Gasteiger charge is -2.53. The number of nitrogens with zero attached hydrogens (tertiary/aromatic N) is 3. The van der Waals surface area contributed by atoms with Gasteiger partial charge in [-0.2, -0.15) is 31.6 Å². The fraction of sp³-hybridized carbons (Fsp3) is 0.400. The Morgan fingerprint density at radius 2 is 1.54 bits per heavy atom. The van der Waals surface area contributed by atoms with Gasteiger partial charge in [0.25, 0.3) is 0 Å². The van der Waals surface area contributed by atoms with Gasteiger partial charge in [-0.3, -0.25) is 9.69 Å². The van der Waals surface area contributed by atoms with Gasteiger partial charge in [-0.15, -0.1) is 0 Å². The molecule has 0 radical (unpaired) electrons. The van der Waals surface area contributed by atoms with Crippen molar-refractivity contribution in [3.63, 3.8) is 0 Å². The van der Waals surface area contributed by atoms with E-state index in [1.165, 1.54) is 16.7 Å². The minimum absolute atomic E-state index is 0.0500. The first-order valence-electron chi connectivity index (χ1n) is 15.4. The van der Waals surface area contributed by atoms with Crippen molar-refractivity contribution in [1.82, 2.24) is 9.80 Å². The van der Waals surface area contributed by atoms with E-state index in [1.807, 2.05) is 0 Å². The standard InChI is InChI=1S/C35H33F6N3O4/c1-24(26-17-28(34(36,37)38)19-29(18-26)35(39,40)41)48-23-33(27-11-6-3-7-12-27)15-14-32(21-42,43-16-8-13-30(43)45)22-44(33)31(46)47-20-25-9-4-2-5-10-25/h2-7,9-12,17-19,24H,8,13-16,20,22-23H2,1H3/t24-,32+,33+/m1/s1. The maximum absolute atomic E-state index is 14.1. The summed E-state index contributed by atoms with van der Waals surface area (Å²) in [6.07, 6.45) is -11.2. The lowest BCUT2D eigenvalue weighted by molar-refractivity contribution is -0.143. The summed E-state index contributed by atoms with van der Waals surface area (Å²) >= 11 is 0. The zero-order valence-electron chi connectivity index (χ0n) is 26.0. The van der Waals surface area contributed by atoms with Gasteiger partial charge in [-0.1, -0.05) is 60.7 Å². The zero-order chi connectivity index (χ0) is 34.7. The van der Waals surface area contributed by atoms with Crippen LogP contribution in [0.4, 0.5) is 31.1 Å². The second-order valence-corrected chi connectivity index (χ2v) is 12.1. The first-order valence-corrected chi connectivity index (χ1v) is 15.4. The molecule has 2 amide bonds. The van der Waals surface area contributed by atoms with Crippen LogP contribution in [0.3, 0.4) is 0 Å². The highest BCUT2D eigenvalue weighted by atomic mass is 19.4. The Bertz CT molecular complexity index is 1630. The summed E-state index contributed by atoms with van der Waals surface area (Å²) in [4.78, 5) is 29.7. The van der Waals surface area contributed by atoms with E-state index < -0.39 is 46.8 Å². The summed E-state index contributed by atoms with van der Waals surface area (Å²) < 4.78 is 93.7. The van der Waals surface area contributed by atoms with Gasteiger partial charge in [-0.25, -0.2) is 4.79 Å². The molecule has 13 heteroatoms. The number of nitriles is 1. The zero-order valence-corrected chi connectivity index (χ0v) is 26.0. The average Bonchev–Trinajstić information content (AvgIpc) is 3.52. The highest BCUT2D eigenvalue weighted by Gasteiger charge is 2.56. The predicted molar refractivity (Wildman–Crippen MR) is 161 cm³/mol. The molecule has 0 aliphatic carbocycles. The number of benzene rings is 3. The van der Waals surface area contributed by atoms with E-state index in [4.69, 9.17) is 9.47 Å². The van der Waals surface area contributed by atoms with Gasteiger partial charge < -0.3 is 14.4 Å². The van der Waals surface area contributed by atoms with Crippen molar-refractivity contribution in [2.24, 2.45) is 0 Å². The summed E-state index contributed by atoms with van der Waals surface area (Å²) in [5, 5.41) is 10.5. The molecule has 2 fully saturated rings. The third kappa shape index (κ3) is 7.13. The number of likely N-dealkylation sites (tertiary alicyclic amines) is 2. The summed E-state index contributed by atoms with van der Waals surface area (Å²) in [6.45, 7) is 0.897. The topological polar surface area (TPSA) is 82.9 Å². The summed E-state index contributed by atoms with van der Waals surface area (Å²) in [6, 6.07) is 21.0. The van der Waals surface area contributed by atoms with Gasteiger partial charge in [0.05, 0.1) is 42.0 Å². The molecule has 3 aromatic rings. The van der Waals surface area contributed by atoms with Crippen LogP contribution in [0.2, 0.25) is 0 Å². The van der Waals surface area contributed by atoms with Crippen molar-refractivity contribution in [2.45, 2.75) is 68.7 Å². The normalized spacial score (nSPS) is 22.3. The number of halogens is 6. The predicted octanol–water partition coefficient (Wildman–Crippen LogP) is 8.01. The molecular formula is C35H33F6N3O4. The number of rotatable bonds is 8. The van der Waals surface area contributed by atoms with Crippen molar-refractivity contribution in [3.05, 3.63) is 107 Å². The molecule has 3 atom stereocenters. The molecule has 48 heavy (non-hydrogen) atoms. The van der Waals surface area contributed by atoms with Gasteiger partial charge >= 0.3 is 18.4 Å². The Morgan fingerprint density at radius 1 is 0.938 bits per heavy atom. The first kappa shape index (κ1) is 34.8. The van der Waals surface area contributed by atoms with Crippen molar-refractivity contribution < 1.29 is 45.4 Å². The van der Waals surface area contributed by atoms with E-state index >= 15 is 0 Å². The SMILES string of the molecule is C[C@@H](OC[C@]1(c2ccccc2)CC[C@@](C#N)(N2CCCC2=O)CN1C(=O)OCc1ccccc1)c1cc(C(F)(F)F)cc(C(F)(F)F)c1. The molecule has 0 N–H and O–H groups in total. The number of amides is 2. The van der Waals surface area contributed by atoms with Gasteiger partial charge in [0.2, 0.25) is 5.91 Å². The molecule has 0 spiro atoms. The van der Waals surface area contributed by atoms with Crippen LogP contribution in [0, 0.1) is 11.3 Å². The number of ether oxygens (including phenoxy) is 2. The first-order chi connectivity index (χ1) is 22.7. The summed E-state index contributed by atoms with van der Waals surface area (Å²) in [7, 11) is 0. The third-order valence-electron chi connectivity index (χ3n) is 9.07. The van der Waals surface area contributed by atoms with Gasteiger partial charge in [0.15, 0.2) is 0 Å². The van der Waals surface area contributed by atoms with E-state index in [0.29, 0.717) is 36.2 Å². The third-order valence-corrected chi connectivity index (χ3v) is 9.07. The quantitative estimate of drug-likeness (QED) is 0.226. The second kappa shape index (κ2) is 13.5. The van der Waals surface area contributed by atoms with Crippen molar-refractivity contribution >= 4 is 12.0 Å². The maximum Gasteiger partial charge on any atom is 0.416 e. The molecule has 0 aromatic heterocycles. The Kier molecular flexibility index (Phi) is 9.78. The Hall–Kier alpha value is -4.57. The maximum atomic E-state index is 14.1. The monoisotopic (exact) mass is 673 g/mol. The van der Waals surface area contributed by atoms with Crippen LogP contribution in [-0.2, 0) is 38.8 Å². The Labute approximate surface area is 273 Å². The molecule has 2 aliphatic rings. The number of carbonyl (C=O) groups is 2. The Balaban J connectivity index is 1.54. The molecule has 0 saturated carbocycles. The number of hydrogen-bond acceptors (Lipinski definition) is 5. The van der Waals surface area contributed by atoms with E-state index in [1.54, 1.807) is 60.7 Å². The molecule has 2 saturated heterocycles. The van der Waals surface area contributed by atoms with E-state index in [2.05, 4.69) is 6.07 Å². The Morgan fingerprint density at radius 3 is 2.08 bits per heavy atom. The van der Waals surface area contributed by atoms with E-state index in [-0.39, 0.29) is 56.6 Å². The van der Waals surface area contributed by atoms with Crippen LogP contribution in [0.1, 0.15) is 66.5 Å². The lowest BCUT2D eigenvalue weighted by atomic mass is 9.74. The van der Waals surface area contributed by atoms with Crippen LogP contribution in [0.25, 0.3) is 0 Å². The van der Waals surface area contributed by atoms with Crippen molar-refractivity contribution in [1.29, 1.82) is 5.26 Å². The van der Waals surface area contributed by atoms with Crippen LogP contribution in [0.5, 0.6) is 0 Å². The van der Waals surface area contributed by atoms with Gasteiger partial charge in [0.1, 0.15) is 12.1 Å². The molecule has 254 valence electrons. The fourth-order valence-electron chi connectivity index (χ4n) is 6.40. The molecule has 5 rings (SSSR count). The minimum atomic E-state index is -5.04. The lowest BCUT2D eigenvalue weighted by Crippen LogP contribution is -2.66. The summed E-state index contributed by atoms with van der Waals surface area (Å²) in [5.74, 6) is -0.226. The van der Waals surface area contributed by atoms with Crippen LogP contribution in [0.15, 0.2) is 78.9 Å². The van der Waals surface area contributed by atoms with Crippen LogP contribution in [-0.4, -0.2) is 47.0 Å². The van der Waals surface area contributed by atoms with E-state index in [9.17, 15) is 41.2 Å². The minimum Gasteiger partial charge on any atom is -0.445 e. The molecule has 0 unspecified atom stereocenters. The molecular weight excluding hydrogens is 640 g/mol. The highest BCUT2D eigenvalue weighted by Crippen LogP contribution is 2.46. The van der Waals surface area contributed by atoms with Gasteiger partial charge in [-0.05, 0) is 61.1 Å². The van der Waals surface area contributed by atoms with E-state index in [0.717, 1.165) is 0 Å². The molecule has 3 aromatic carbocycles. The van der Waals surface area contributed by atoms with Crippen LogP contribution < -0.4 is 0 Å². The fourth-order valence-corrected chi connectivity index (χ4v) is 6.40. The molecule has 7 nitrogen and oxygen atoms in total. The van der Waals surface area contributed by atoms with Gasteiger partial charge in [0, 0.05) is 13.0 Å². The van der Waals surface area contributed by atoms with Crippen molar-refractivity contribution in [2.75, 3.05) is 19.7 Å². The molecule has 2 heterocycles. The van der Waals surface area contributed by atoms with Crippen LogP contribution >= 0.6 is 0 Å². The second-order valence-electron chi connectivity index (χ2n) is 12.1.